The first-order valence-electron chi connectivity index (χ1n) is 6.41. The van der Waals surface area contributed by atoms with E-state index in [2.05, 4.69) is 17.4 Å². The molecule has 96 valence electrons. The minimum atomic E-state index is 0.0463. The summed E-state index contributed by atoms with van der Waals surface area (Å²) >= 11 is 1.92. The summed E-state index contributed by atoms with van der Waals surface area (Å²) in [4.78, 5) is 12.5. The van der Waals surface area contributed by atoms with Gasteiger partial charge in [0.1, 0.15) is 5.75 Å². The molecular weight excluding hydrogens is 246 g/mol. The summed E-state index contributed by atoms with van der Waals surface area (Å²) in [5, 5.41) is 2.95. The summed E-state index contributed by atoms with van der Waals surface area (Å²) in [5.74, 6) is 2.65. The van der Waals surface area contributed by atoms with Gasteiger partial charge in [-0.1, -0.05) is 0 Å². The first-order chi connectivity index (χ1) is 8.75. The van der Waals surface area contributed by atoms with Crippen LogP contribution in [0.2, 0.25) is 0 Å². The zero-order valence-electron chi connectivity index (χ0n) is 10.5. The molecule has 0 aromatic heterocycles. The molecule has 2 aliphatic rings. The topological polar surface area (TPSA) is 38.3 Å². The third-order valence-electron chi connectivity index (χ3n) is 3.61. The Morgan fingerprint density at radius 3 is 3.28 bits per heavy atom. The molecule has 2 heterocycles. The van der Waals surface area contributed by atoms with Gasteiger partial charge < -0.3 is 10.1 Å². The third-order valence-corrected chi connectivity index (χ3v) is 4.71. The number of amides is 1. The quantitative estimate of drug-likeness (QED) is 0.890. The summed E-state index contributed by atoms with van der Waals surface area (Å²) in [6.45, 7) is 3.06. The number of nitrogens with one attached hydrogen (secondary N) is 1. The van der Waals surface area contributed by atoms with Gasteiger partial charge in [0.15, 0.2) is 0 Å². The van der Waals surface area contributed by atoms with E-state index in [-0.39, 0.29) is 5.91 Å². The monoisotopic (exact) mass is 263 g/mol. The normalized spacial score (nSPS) is 20.8. The maximum Gasteiger partial charge on any atom is 0.216 e. The molecular formula is C14H17NO2S. The van der Waals surface area contributed by atoms with Crippen LogP contribution in [0.5, 0.6) is 5.75 Å². The fraction of sp³-hybridized carbons (Fsp3) is 0.500. The maximum atomic E-state index is 11.1. The fourth-order valence-corrected chi connectivity index (χ4v) is 3.86. The van der Waals surface area contributed by atoms with E-state index >= 15 is 0 Å². The maximum absolute atomic E-state index is 11.1. The molecule has 2 aliphatic heterocycles. The Kier molecular flexibility index (Phi) is 3.20. The number of rotatable bonds is 2. The van der Waals surface area contributed by atoms with Crippen LogP contribution in [0.15, 0.2) is 17.0 Å². The van der Waals surface area contributed by atoms with Gasteiger partial charge in [0.2, 0.25) is 5.91 Å². The first kappa shape index (κ1) is 11.9. The van der Waals surface area contributed by atoms with E-state index in [9.17, 15) is 4.79 Å². The molecule has 0 fully saturated rings. The number of fused-ring (bicyclic) bond motifs is 3. The van der Waals surface area contributed by atoms with E-state index in [4.69, 9.17) is 4.74 Å². The number of hydrogen-bond donors (Lipinski definition) is 1. The van der Waals surface area contributed by atoms with Crippen molar-refractivity contribution in [2.24, 2.45) is 0 Å². The number of ether oxygens (including phenoxy) is 1. The van der Waals surface area contributed by atoms with Crippen molar-refractivity contribution >= 4 is 17.7 Å². The minimum absolute atomic E-state index is 0.0463. The SMILES string of the molecule is CC(=O)NCC1CCOc2ccc3c(c21)CCS3. The predicted octanol–water partition coefficient (Wildman–Crippen LogP) is 2.34. The zero-order valence-corrected chi connectivity index (χ0v) is 11.3. The highest BCUT2D eigenvalue weighted by Gasteiger charge is 2.28. The van der Waals surface area contributed by atoms with Gasteiger partial charge in [-0.15, -0.1) is 11.8 Å². The molecule has 3 rings (SSSR count). The van der Waals surface area contributed by atoms with Crippen LogP contribution >= 0.6 is 11.8 Å². The highest BCUT2D eigenvalue weighted by atomic mass is 32.2. The van der Waals surface area contributed by atoms with Gasteiger partial charge in [-0.3, -0.25) is 4.79 Å². The van der Waals surface area contributed by atoms with E-state index in [1.54, 1.807) is 6.92 Å². The number of benzene rings is 1. The van der Waals surface area contributed by atoms with Gasteiger partial charge in [-0.2, -0.15) is 0 Å². The molecule has 1 N–H and O–H groups in total. The largest absolute Gasteiger partial charge is 0.493 e. The Morgan fingerprint density at radius 2 is 2.44 bits per heavy atom. The van der Waals surface area contributed by atoms with Crippen LogP contribution in [0.4, 0.5) is 0 Å². The highest BCUT2D eigenvalue weighted by Crippen LogP contribution is 2.43. The second-order valence-corrected chi connectivity index (χ2v) is 5.96. The van der Waals surface area contributed by atoms with Crippen molar-refractivity contribution < 1.29 is 9.53 Å². The van der Waals surface area contributed by atoms with Gasteiger partial charge in [0.05, 0.1) is 6.61 Å². The van der Waals surface area contributed by atoms with Crippen molar-refractivity contribution in [3.05, 3.63) is 23.3 Å². The molecule has 0 saturated heterocycles. The van der Waals surface area contributed by atoms with Crippen LogP contribution in [0, 0.1) is 0 Å². The van der Waals surface area contributed by atoms with Crippen molar-refractivity contribution in [1.82, 2.24) is 5.32 Å². The van der Waals surface area contributed by atoms with E-state index in [0.717, 1.165) is 31.7 Å². The van der Waals surface area contributed by atoms with Gasteiger partial charge in [0.25, 0.3) is 0 Å². The van der Waals surface area contributed by atoms with Gasteiger partial charge in [0, 0.05) is 35.6 Å². The van der Waals surface area contributed by atoms with Crippen LogP contribution in [0.3, 0.4) is 0 Å². The fourth-order valence-electron chi connectivity index (χ4n) is 2.78. The van der Waals surface area contributed by atoms with Gasteiger partial charge in [-0.25, -0.2) is 0 Å². The standard InChI is InChI=1S/C14H17NO2S/c1-9(16)15-8-10-4-6-17-12-2-3-13-11(14(10)12)5-7-18-13/h2-3,10H,4-8H2,1H3,(H,15,16). The van der Waals surface area contributed by atoms with Crippen LogP contribution in [-0.2, 0) is 11.2 Å². The number of carbonyl (C=O) groups excluding carboxylic acids is 1. The van der Waals surface area contributed by atoms with Crippen molar-refractivity contribution in [2.45, 2.75) is 30.6 Å². The average Bonchev–Trinajstić information content (AvgIpc) is 2.84. The zero-order chi connectivity index (χ0) is 12.5. The van der Waals surface area contributed by atoms with Crippen molar-refractivity contribution in [1.29, 1.82) is 0 Å². The molecule has 1 aromatic rings. The summed E-state index contributed by atoms with van der Waals surface area (Å²) < 4.78 is 5.76. The van der Waals surface area contributed by atoms with Crippen LogP contribution in [0.25, 0.3) is 0 Å². The Hall–Kier alpha value is -1.16. The van der Waals surface area contributed by atoms with Crippen LogP contribution < -0.4 is 10.1 Å². The summed E-state index contributed by atoms with van der Waals surface area (Å²) in [7, 11) is 0. The number of hydrogen-bond acceptors (Lipinski definition) is 3. The minimum Gasteiger partial charge on any atom is -0.493 e. The molecule has 1 aromatic carbocycles. The summed E-state index contributed by atoms with van der Waals surface area (Å²) in [6.07, 6.45) is 2.12. The summed E-state index contributed by atoms with van der Waals surface area (Å²) in [5.41, 5.74) is 2.80. The Morgan fingerprint density at radius 1 is 1.56 bits per heavy atom. The summed E-state index contributed by atoms with van der Waals surface area (Å²) in [6, 6.07) is 4.26. The van der Waals surface area contributed by atoms with Crippen LogP contribution in [-0.4, -0.2) is 24.8 Å². The second kappa shape index (κ2) is 4.84. The first-order valence-corrected chi connectivity index (χ1v) is 7.40. The molecule has 3 nitrogen and oxygen atoms in total. The molecule has 1 atom stereocenters. The molecule has 0 radical (unpaired) electrons. The lowest BCUT2D eigenvalue weighted by atomic mass is 9.88. The van der Waals surface area contributed by atoms with Crippen LogP contribution in [0.1, 0.15) is 30.4 Å². The molecule has 1 amide bonds. The van der Waals surface area contributed by atoms with E-state index in [0.29, 0.717) is 5.92 Å². The van der Waals surface area contributed by atoms with E-state index < -0.39 is 0 Å². The molecule has 0 spiro atoms. The van der Waals surface area contributed by atoms with E-state index in [1.807, 2.05) is 11.8 Å². The second-order valence-electron chi connectivity index (χ2n) is 4.82. The third kappa shape index (κ3) is 2.09. The van der Waals surface area contributed by atoms with Crippen molar-refractivity contribution in [2.75, 3.05) is 18.9 Å². The van der Waals surface area contributed by atoms with Gasteiger partial charge in [-0.05, 0) is 30.5 Å². The number of thioether (sulfide) groups is 1. The van der Waals surface area contributed by atoms with Crippen molar-refractivity contribution in [3.8, 4) is 5.75 Å². The molecule has 0 aliphatic carbocycles. The van der Waals surface area contributed by atoms with Gasteiger partial charge >= 0.3 is 0 Å². The highest BCUT2D eigenvalue weighted by molar-refractivity contribution is 7.99. The lowest BCUT2D eigenvalue weighted by Crippen LogP contribution is -2.29. The Bertz CT molecular complexity index is 487. The van der Waals surface area contributed by atoms with Crippen molar-refractivity contribution in [3.63, 3.8) is 0 Å². The molecule has 0 bridgehead atoms. The smallest absolute Gasteiger partial charge is 0.216 e. The molecule has 0 saturated carbocycles. The number of carbonyl (C=O) groups is 1. The predicted molar refractivity (Wildman–Crippen MR) is 72.4 cm³/mol. The Balaban J connectivity index is 1.93. The lowest BCUT2D eigenvalue weighted by molar-refractivity contribution is -0.119. The lowest BCUT2D eigenvalue weighted by Gasteiger charge is -2.28. The molecule has 1 unspecified atom stereocenters. The Labute approximate surface area is 111 Å². The average molecular weight is 263 g/mol. The molecule has 4 heteroatoms. The van der Waals surface area contributed by atoms with E-state index in [1.165, 1.54) is 21.8 Å². The molecule has 18 heavy (non-hydrogen) atoms.